The Morgan fingerprint density at radius 1 is 0.765 bits per heavy atom. The molecule has 0 aliphatic carbocycles. The summed E-state index contributed by atoms with van der Waals surface area (Å²) >= 11 is 0. The van der Waals surface area contributed by atoms with E-state index in [1.165, 1.54) is 12.1 Å². The van der Waals surface area contributed by atoms with Gasteiger partial charge in [0.15, 0.2) is 0 Å². The van der Waals surface area contributed by atoms with Gasteiger partial charge in [0.25, 0.3) is 0 Å². The fraction of sp³-hybridized carbons (Fsp3) is 0. The zero-order valence-corrected chi connectivity index (χ0v) is 8.90. The van der Waals surface area contributed by atoms with Crippen LogP contribution >= 0.6 is 0 Å². The fourth-order valence-corrected chi connectivity index (χ4v) is 1.45. The Morgan fingerprint density at radius 2 is 1.29 bits per heavy atom. The van der Waals surface area contributed by atoms with Crippen LogP contribution in [0.4, 0.5) is 8.78 Å². The largest absolute Gasteiger partial charge is 0.508 e. The lowest BCUT2D eigenvalue weighted by molar-refractivity contribution is 0.475. The molecule has 0 bridgehead atoms. The lowest BCUT2D eigenvalue weighted by atomic mass is 10.1. The van der Waals surface area contributed by atoms with E-state index in [1.807, 2.05) is 0 Å². The van der Waals surface area contributed by atoms with E-state index in [2.05, 4.69) is 0 Å². The van der Waals surface area contributed by atoms with E-state index in [1.54, 1.807) is 36.4 Å². The second-order valence-corrected chi connectivity index (χ2v) is 3.63. The molecular weight excluding hydrogens is 222 g/mol. The van der Waals surface area contributed by atoms with Crippen molar-refractivity contribution in [2.45, 2.75) is 0 Å². The lowest BCUT2D eigenvalue weighted by Crippen LogP contribution is -1.81. The molecule has 0 fully saturated rings. The molecule has 1 nitrogen and oxygen atoms in total. The molecule has 0 amide bonds. The Morgan fingerprint density at radius 3 is 1.88 bits per heavy atom. The quantitative estimate of drug-likeness (QED) is 0.780. The maximum Gasteiger partial charge on any atom is 0.126 e. The molecule has 17 heavy (non-hydrogen) atoms. The maximum atomic E-state index is 12.9. The number of aromatic hydroxyl groups is 1. The summed E-state index contributed by atoms with van der Waals surface area (Å²) in [5.74, 6) is -1.02. The highest BCUT2D eigenvalue weighted by Crippen LogP contribution is 2.14. The van der Waals surface area contributed by atoms with Crippen LogP contribution in [-0.4, -0.2) is 5.11 Å². The molecule has 3 heteroatoms. The molecule has 2 rings (SSSR count). The average Bonchev–Trinajstić information content (AvgIpc) is 2.27. The van der Waals surface area contributed by atoms with Crippen molar-refractivity contribution in [2.75, 3.05) is 0 Å². The number of halogens is 2. The van der Waals surface area contributed by atoms with Gasteiger partial charge in [-0.2, -0.15) is 0 Å². The van der Waals surface area contributed by atoms with Gasteiger partial charge in [-0.15, -0.1) is 0 Å². The molecule has 0 saturated carbocycles. The normalized spacial score (nSPS) is 10.9. The molecule has 0 aliphatic heterocycles. The summed E-state index contributed by atoms with van der Waals surface area (Å²) in [4.78, 5) is 0. The van der Waals surface area contributed by atoms with Crippen molar-refractivity contribution in [3.63, 3.8) is 0 Å². The molecule has 1 N–H and O–H groups in total. The molecule has 0 atom stereocenters. The van der Waals surface area contributed by atoms with E-state index in [0.29, 0.717) is 5.56 Å². The van der Waals surface area contributed by atoms with Gasteiger partial charge < -0.3 is 5.11 Å². The molecule has 86 valence electrons. The van der Waals surface area contributed by atoms with E-state index in [4.69, 9.17) is 5.11 Å². The number of rotatable bonds is 2. The molecule has 0 spiro atoms. The topological polar surface area (TPSA) is 20.2 Å². The van der Waals surface area contributed by atoms with Crippen molar-refractivity contribution < 1.29 is 13.9 Å². The van der Waals surface area contributed by atoms with Crippen LogP contribution in [0.3, 0.4) is 0 Å². The van der Waals surface area contributed by atoms with Gasteiger partial charge in [-0.25, -0.2) is 8.78 Å². The zero-order chi connectivity index (χ0) is 12.3. The first-order valence-corrected chi connectivity index (χ1v) is 5.07. The Bertz CT molecular complexity index is 524. The van der Waals surface area contributed by atoms with Crippen molar-refractivity contribution in [1.29, 1.82) is 0 Å². The molecule has 0 unspecified atom stereocenters. The van der Waals surface area contributed by atoms with E-state index in [9.17, 15) is 8.78 Å². The van der Waals surface area contributed by atoms with E-state index < -0.39 is 11.6 Å². The smallest absolute Gasteiger partial charge is 0.126 e. The van der Waals surface area contributed by atoms with E-state index >= 15 is 0 Å². The first-order chi connectivity index (χ1) is 8.13. The summed E-state index contributed by atoms with van der Waals surface area (Å²) in [7, 11) is 0. The van der Waals surface area contributed by atoms with Crippen LogP contribution in [0.25, 0.3) is 12.2 Å². The van der Waals surface area contributed by atoms with Gasteiger partial charge in [-0.1, -0.05) is 24.3 Å². The Labute approximate surface area is 97.7 Å². The summed E-state index contributed by atoms with van der Waals surface area (Å²) in [5, 5.41) is 9.09. The highest BCUT2D eigenvalue weighted by atomic mass is 19.1. The summed E-state index contributed by atoms with van der Waals surface area (Å²) < 4.78 is 25.8. The highest BCUT2D eigenvalue weighted by molar-refractivity contribution is 5.69. The maximum absolute atomic E-state index is 12.9. The second kappa shape index (κ2) is 4.78. The van der Waals surface area contributed by atoms with Crippen molar-refractivity contribution in [3.8, 4) is 5.75 Å². The second-order valence-electron chi connectivity index (χ2n) is 3.63. The standard InChI is InChI=1S/C14H10F2O/c15-12-7-11(8-13(16)9-12)2-1-10-3-5-14(17)6-4-10/h1-9,17H. The molecule has 2 aromatic rings. The van der Waals surface area contributed by atoms with Gasteiger partial charge in [0.2, 0.25) is 0 Å². The van der Waals surface area contributed by atoms with Crippen molar-refractivity contribution in [2.24, 2.45) is 0 Å². The third kappa shape index (κ3) is 3.14. The number of benzene rings is 2. The van der Waals surface area contributed by atoms with Gasteiger partial charge in [0.1, 0.15) is 17.4 Å². The zero-order valence-electron chi connectivity index (χ0n) is 8.90. The van der Waals surface area contributed by atoms with Gasteiger partial charge in [-0.3, -0.25) is 0 Å². The molecule has 0 heterocycles. The average molecular weight is 232 g/mol. The molecule has 0 aromatic heterocycles. The molecule has 0 radical (unpaired) electrons. The van der Waals surface area contributed by atoms with Gasteiger partial charge in [0.05, 0.1) is 0 Å². The van der Waals surface area contributed by atoms with Crippen LogP contribution in [-0.2, 0) is 0 Å². The highest BCUT2D eigenvalue weighted by Gasteiger charge is 1.97. The Hall–Kier alpha value is -2.16. The summed E-state index contributed by atoms with van der Waals surface area (Å²) in [6.07, 6.45) is 3.33. The third-order valence-corrected chi connectivity index (χ3v) is 2.25. The van der Waals surface area contributed by atoms with Gasteiger partial charge >= 0.3 is 0 Å². The van der Waals surface area contributed by atoms with Gasteiger partial charge in [0, 0.05) is 6.07 Å². The number of phenols is 1. The van der Waals surface area contributed by atoms with Crippen molar-refractivity contribution >= 4 is 12.2 Å². The monoisotopic (exact) mass is 232 g/mol. The number of hydrogen-bond acceptors (Lipinski definition) is 1. The molecular formula is C14H10F2O. The fourth-order valence-electron chi connectivity index (χ4n) is 1.45. The predicted octanol–water partition coefficient (Wildman–Crippen LogP) is 3.84. The minimum absolute atomic E-state index is 0.180. The minimum Gasteiger partial charge on any atom is -0.508 e. The van der Waals surface area contributed by atoms with Crippen LogP contribution in [0.15, 0.2) is 42.5 Å². The summed E-state index contributed by atoms with van der Waals surface area (Å²) in [6, 6.07) is 9.85. The Kier molecular flexibility index (Phi) is 3.19. The number of hydrogen-bond donors (Lipinski definition) is 1. The predicted molar refractivity (Wildman–Crippen MR) is 63.4 cm³/mol. The van der Waals surface area contributed by atoms with Gasteiger partial charge in [-0.05, 0) is 35.4 Å². The first-order valence-electron chi connectivity index (χ1n) is 5.07. The molecule has 2 aromatic carbocycles. The number of phenolic OH excluding ortho intramolecular Hbond substituents is 1. The minimum atomic E-state index is -0.602. The van der Waals surface area contributed by atoms with E-state index in [-0.39, 0.29) is 5.75 Å². The molecule has 0 aliphatic rings. The third-order valence-electron chi connectivity index (χ3n) is 2.25. The van der Waals surface area contributed by atoms with Crippen LogP contribution in [0.2, 0.25) is 0 Å². The van der Waals surface area contributed by atoms with Crippen LogP contribution in [0, 0.1) is 11.6 Å². The summed E-state index contributed by atoms with van der Waals surface area (Å²) in [5.41, 5.74) is 1.29. The molecule has 0 saturated heterocycles. The van der Waals surface area contributed by atoms with E-state index in [0.717, 1.165) is 11.6 Å². The summed E-state index contributed by atoms with van der Waals surface area (Å²) in [6.45, 7) is 0. The van der Waals surface area contributed by atoms with Crippen LogP contribution in [0.1, 0.15) is 11.1 Å². The first kappa shape index (κ1) is 11.3. The van der Waals surface area contributed by atoms with Crippen LogP contribution < -0.4 is 0 Å². The van der Waals surface area contributed by atoms with Crippen LogP contribution in [0.5, 0.6) is 5.75 Å². The SMILES string of the molecule is Oc1ccc(C=Cc2cc(F)cc(F)c2)cc1. The van der Waals surface area contributed by atoms with Crippen molar-refractivity contribution in [3.05, 3.63) is 65.2 Å². The Balaban J connectivity index is 2.22. The lowest BCUT2D eigenvalue weighted by Gasteiger charge is -1.96. The van der Waals surface area contributed by atoms with Crippen molar-refractivity contribution in [1.82, 2.24) is 0 Å².